The van der Waals surface area contributed by atoms with Crippen molar-refractivity contribution in [1.29, 1.82) is 0 Å². The maximum atomic E-state index is 4.49. The van der Waals surface area contributed by atoms with E-state index < -0.39 is 0 Å². The van der Waals surface area contributed by atoms with E-state index in [4.69, 9.17) is 0 Å². The molecule has 5 heteroatoms. The minimum absolute atomic E-state index is 0.886. The Bertz CT molecular complexity index is 468. The van der Waals surface area contributed by atoms with Crippen LogP contribution in [-0.2, 0) is 0 Å². The van der Waals surface area contributed by atoms with Crippen molar-refractivity contribution in [3.63, 3.8) is 0 Å². The van der Waals surface area contributed by atoms with Gasteiger partial charge in [0.15, 0.2) is 4.34 Å². The minimum Gasteiger partial charge on any atom is -0.370 e. The Labute approximate surface area is 103 Å². The summed E-state index contributed by atoms with van der Waals surface area (Å²) in [6.45, 7) is 4.95. The van der Waals surface area contributed by atoms with Crippen LogP contribution >= 0.6 is 23.1 Å². The topological polar surface area (TPSA) is 37.8 Å². The molecule has 0 amide bonds. The Balaban J connectivity index is 2.12. The summed E-state index contributed by atoms with van der Waals surface area (Å²) >= 11 is 3.26. The predicted octanol–water partition coefficient (Wildman–Crippen LogP) is 3.43. The second-order valence-corrected chi connectivity index (χ2v) is 5.37. The number of thiazole rings is 1. The van der Waals surface area contributed by atoms with Crippen LogP contribution in [0, 0.1) is 6.92 Å². The van der Waals surface area contributed by atoms with Gasteiger partial charge in [0.25, 0.3) is 0 Å². The standard InChI is InChI=1S/C11H13N3S2/c1-3-12-9-5-4-6-10(14-9)16-11-13-8(2)7-15-11/h4-7H,3H2,1-2H3,(H,12,14). The third-order valence-electron chi connectivity index (χ3n) is 1.87. The summed E-state index contributed by atoms with van der Waals surface area (Å²) in [6.07, 6.45) is 0. The van der Waals surface area contributed by atoms with Gasteiger partial charge in [0.1, 0.15) is 10.8 Å². The lowest BCUT2D eigenvalue weighted by molar-refractivity contribution is 1.08. The van der Waals surface area contributed by atoms with E-state index in [1.807, 2.05) is 25.1 Å². The summed E-state index contributed by atoms with van der Waals surface area (Å²) in [5, 5.41) is 6.23. The first-order chi connectivity index (χ1) is 7.78. The number of aryl methyl sites for hydroxylation is 1. The van der Waals surface area contributed by atoms with Crippen molar-refractivity contribution >= 4 is 28.9 Å². The number of anilines is 1. The van der Waals surface area contributed by atoms with Crippen molar-refractivity contribution in [3.05, 3.63) is 29.3 Å². The van der Waals surface area contributed by atoms with Gasteiger partial charge < -0.3 is 5.32 Å². The predicted molar refractivity (Wildman–Crippen MR) is 69.4 cm³/mol. The zero-order valence-electron chi connectivity index (χ0n) is 9.23. The van der Waals surface area contributed by atoms with Gasteiger partial charge in [-0.3, -0.25) is 0 Å². The van der Waals surface area contributed by atoms with E-state index in [0.29, 0.717) is 0 Å². The number of hydrogen-bond donors (Lipinski definition) is 1. The van der Waals surface area contributed by atoms with Crippen LogP contribution in [-0.4, -0.2) is 16.5 Å². The molecule has 0 aromatic carbocycles. The zero-order chi connectivity index (χ0) is 11.4. The van der Waals surface area contributed by atoms with Gasteiger partial charge in [-0.2, -0.15) is 0 Å². The molecule has 0 aliphatic heterocycles. The molecule has 2 aromatic rings. The Kier molecular flexibility index (Phi) is 3.79. The van der Waals surface area contributed by atoms with Crippen LogP contribution in [0.1, 0.15) is 12.6 Å². The molecule has 0 atom stereocenters. The largest absolute Gasteiger partial charge is 0.370 e. The van der Waals surface area contributed by atoms with Crippen molar-refractivity contribution in [3.8, 4) is 0 Å². The summed E-state index contributed by atoms with van der Waals surface area (Å²) in [4.78, 5) is 8.89. The van der Waals surface area contributed by atoms with E-state index in [9.17, 15) is 0 Å². The van der Waals surface area contributed by atoms with Crippen LogP contribution < -0.4 is 5.32 Å². The monoisotopic (exact) mass is 251 g/mol. The van der Waals surface area contributed by atoms with Gasteiger partial charge in [0.2, 0.25) is 0 Å². The first-order valence-corrected chi connectivity index (χ1v) is 6.78. The fraction of sp³-hybridized carbons (Fsp3) is 0.273. The van der Waals surface area contributed by atoms with Crippen molar-refractivity contribution in [1.82, 2.24) is 9.97 Å². The highest BCUT2D eigenvalue weighted by atomic mass is 32.2. The average molecular weight is 251 g/mol. The molecule has 0 aliphatic carbocycles. The first kappa shape index (κ1) is 11.4. The molecule has 84 valence electrons. The number of nitrogens with zero attached hydrogens (tertiary/aromatic N) is 2. The van der Waals surface area contributed by atoms with Crippen molar-refractivity contribution < 1.29 is 0 Å². The molecule has 0 saturated heterocycles. The number of pyridine rings is 1. The highest BCUT2D eigenvalue weighted by Crippen LogP contribution is 2.29. The maximum Gasteiger partial charge on any atom is 0.156 e. The molecule has 16 heavy (non-hydrogen) atoms. The molecule has 0 saturated carbocycles. The molecule has 0 aliphatic rings. The Morgan fingerprint density at radius 3 is 2.94 bits per heavy atom. The second-order valence-electron chi connectivity index (χ2n) is 3.25. The fourth-order valence-corrected chi connectivity index (χ4v) is 2.99. The molecule has 2 rings (SSSR count). The molecule has 0 radical (unpaired) electrons. The Morgan fingerprint density at radius 1 is 1.38 bits per heavy atom. The molecule has 2 aromatic heterocycles. The highest BCUT2D eigenvalue weighted by Gasteiger charge is 2.03. The maximum absolute atomic E-state index is 4.49. The lowest BCUT2D eigenvalue weighted by Gasteiger charge is -2.03. The fourth-order valence-electron chi connectivity index (χ4n) is 1.22. The average Bonchev–Trinajstić information content (AvgIpc) is 2.65. The van der Waals surface area contributed by atoms with E-state index in [1.54, 1.807) is 23.1 Å². The number of nitrogens with one attached hydrogen (secondary N) is 1. The van der Waals surface area contributed by atoms with Gasteiger partial charge in [-0.15, -0.1) is 11.3 Å². The van der Waals surface area contributed by atoms with Gasteiger partial charge in [0.05, 0.1) is 0 Å². The minimum atomic E-state index is 0.886. The third-order valence-corrected chi connectivity index (χ3v) is 3.86. The highest BCUT2D eigenvalue weighted by molar-refractivity contribution is 8.01. The Hall–Kier alpha value is -1.07. The van der Waals surface area contributed by atoms with Crippen LogP contribution in [0.5, 0.6) is 0 Å². The van der Waals surface area contributed by atoms with Crippen LogP contribution in [0.15, 0.2) is 32.9 Å². The van der Waals surface area contributed by atoms with E-state index in [-0.39, 0.29) is 0 Å². The molecule has 1 N–H and O–H groups in total. The van der Waals surface area contributed by atoms with Crippen molar-refractivity contribution in [2.45, 2.75) is 23.2 Å². The van der Waals surface area contributed by atoms with Gasteiger partial charge in [-0.25, -0.2) is 9.97 Å². The first-order valence-electron chi connectivity index (χ1n) is 5.09. The molecular weight excluding hydrogens is 238 g/mol. The normalized spacial score (nSPS) is 10.4. The second kappa shape index (κ2) is 5.32. The van der Waals surface area contributed by atoms with Crippen LogP contribution in [0.3, 0.4) is 0 Å². The molecule has 0 spiro atoms. The van der Waals surface area contributed by atoms with Gasteiger partial charge in [0, 0.05) is 17.6 Å². The van der Waals surface area contributed by atoms with Crippen LogP contribution in [0.25, 0.3) is 0 Å². The molecule has 3 nitrogen and oxygen atoms in total. The smallest absolute Gasteiger partial charge is 0.156 e. The molecule has 2 heterocycles. The van der Waals surface area contributed by atoms with Crippen LogP contribution in [0.4, 0.5) is 5.82 Å². The van der Waals surface area contributed by atoms with Gasteiger partial charge in [-0.1, -0.05) is 6.07 Å². The third kappa shape index (κ3) is 2.96. The van der Waals surface area contributed by atoms with E-state index in [1.165, 1.54) is 0 Å². The number of hydrogen-bond acceptors (Lipinski definition) is 5. The Morgan fingerprint density at radius 2 is 2.25 bits per heavy atom. The van der Waals surface area contributed by atoms with E-state index in [0.717, 1.165) is 27.4 Å². The lowest BCUT2D eigenvalue weighted by atomic mass is 10.4. The summed E-state index contributed by atoms with van der Waals surface area (Å²) in [6, 6.07) is 5.98. The van der Waals surface area contributed by atoms with Gasteiger partial charge >= 0.3 is 0 Å². The van der Waals surface area contributed by atoms with Crippen LogP contribution in [0.2, 0.25) is 0 Å². The lowest BCUT2D eigenvalue weighted by Crippen LogP contribution is -1.98. The zero-order valence-corrected chi connectivity index (χ0v) is 10.9. The molecule has 0 bridgehead atoms. The number of aromatic nitrogens is 2. The summed E-state index contributed by atoms with van der Waals surface area (Å²) < 4.78 is 1.04. The summed E-state index contributed by atoms with van der Waals surface area (Å²) in [5.74, 6) is 0.917. The van der Waals surface area contributed by atoms with Gasteiger partial charge in [-0.05, 0) is 37.7 Å². The molecular formula is C11H13N3S2. The SMILES string of the molecule is CCNc1cccc(Sc2nc(C)cs2)n1. The van der Waals surface area contributed by atoms with E-state index >= 15 is 0 Å². The summed E-state index contributed by atoms with van der Waals surface area (Å²) in [5.41, 5.74) is 1.07. The molecule has 0 fully saturated rings. The molecule has 0 unspecified atom stereocenters. The summed E-state index contributed by atoms with van der Waals surface area (Å²) in [7, 11) is 0. The van der Waals surface area contributed by atoms with Crippen molar-refractivity contribution in [2.75, 3.05) is 11.9 Å². The number of rotatable bonds is 4. The van der Waals surface area contributed by atoms with E-state index in [2.05, 4.69) is 27.6 Å². The van der Waals surface area contributed by atoms with Crippen molar-refractivity contribution in [2.24, 2.45) is 0 Å². The quantitative estimate of drug-likeness (QED) is 0.903.